The van der Waals surface area contributed by atoms with Crippen LogP contribution >= 0.6 is 0 Å². The van der Waals surface area contributed by atoms with Crippen LogP contribution in [0.5, 0.6) is 5.75 Å². The Labute approximate surface area is 181 Å². The molecule has 0 fully saturated rings. The monoisotopic (exact) mass is 418 g/mol. The van der Waals surface area contributed by atoms with Crippen LogP contribution < -0.4 is 10.1 Å². The van der Waals surface area contributed by atoms with Gasteiger partial charge in [0.1, 0.15) is 5.75 Å². The third-order valence-electron chi connectivity index (χ3n) is 5.47. The zero-order valence-electron chi connectivity index (χ0n) is 18.2. The minimum absolute atomic E-state index is 0.228. The van der Waals surface area contributed by atoms with Gasteiger partial charge in [-0.05, 0) is 56.2 Å². The summed E-state index contributed by atoms with van der Waals surface area (Å²) in [4.78, 5) is 18.3. The van der Waals surface area contributed by atoms with Crippen molar-refractivity contribution in [3.63, 3.8) is 0 Å². The van der Waals surface area contributed by atoms with Crippen molar-refractivity contribution in [1.29, 1.82) is 0 Å². The molecule has 7 nitrogen and oxygen atoms in total. The second kappa shape index (κ2) is 8.63. The molecule has 1 atom stereocenters. The van der Waals surface area contributed by atoms with Gasteiger partial charge < -0.3 is 14.9 Å². The van der Waals surface area contributed by atoms with Crippen LogP contribution in [0.2, 0.25) is 0 Å². The average molecular weight is 418 g/mol. The molecule has 0 bridgehead atoms. The molecule has 1 amide bonds. The topological polar surface area (TPSA) is 77.7 Å². The first-order valence-electron chi connectivity index (χ1n) is 10.2. The number of amides is 1. The van der Waals surface area contributed by atoms with E-state index in [1.807, 2.05) is 42.8 Å². The molecule has 1 aliphatic heterocycles. The summed E-state index contributed by atoms with van der Waals surface area (Å²) in [7, 11) is 1.62. The van der Waals surface area contributed by atoms with Gasteiger partial charge in [0, 0.05) is 6.42 Å². The fraction of sp³-hybridized carbons (Fsp3) is 0.292. The number of anilines is 1. The van der Waals surface area contributed by atoms with Gasteiger partial charge in [-0.15, -0.1) is 0 Å². The maximum Gasteiger partial charge on any atom is 0.268 e. The minimum atomic E-state index is -0.670. The fourth-order valence-electron chi connectivity index (χ4n) is 3.57. The summed E-state index contributed by atoms with van der Waals surface area (Å²) >= 11 is 0. The molecule has 1 unspecified atom stereocenters. The summed E-state index contributed by atoms with van der Waals surface area (Å²) in [5.41, 5.74) is 6.43. The van der Waals surface area contributed by atoms with Crippen molar-refractivity contribution in [2.24, 2.45) is 5.16 Å². The largest absolute Gasteiger partial charge is 0.497 e. The van der Waals surface area contributed by atoms with E-state index in [-0.39, 0.29) is 5.91 Å². The van der Waals surface area contributed by atoms with E-state index in [2.05, 4.69) is 46.8 Å². The first-order valence-corrected chi connectivity index (χ1v) is 10.2. The third kappa shape index (κ3) is 4.45. The predicted molar refractivity (Wildman–Crippen MR) is 120 cm³/mol. The number of oxime groups is 1. The molecule has 160 valence electrons. The van der Waals surface area contributed by atoms with Crippen LogP contribution in [-0.2, 0) is 16.2 Å². The highest BCUT2D eigenvalue weighted by molar-refractivity contribution is 6.06. The second-order valence-corrected chi connectivity index (χ2v) is 7.74. The molecular formula is C24H26N4O3. The van der Waals surface area contributed by atoms with Gasteiger partial charge >= 0.3 is 0 Å². The first kappa shape index (κ1) is 20.7. The van der Waals surface area contributed by atoms with Crippen LogP contribution in [0.1, 0.15) is 34.5 Å². The summed E-state index contributed by atoms with van der Waals surface area (Å²) in [6, 6.07) is 15.9. The smallest absolute Gasteiger partial charge is 0.268 e. The molecule has 1 N–H and O–H groups in total. The van der Waals surface area contributed by atoms with E-state index in [9.17, 15) is 4.79 Å². The summed E-state index contributed by atoms with van der Waals surface area (Å²) in [6.45, 7) is 6.56. The van der Waals surface area contributed by atoms with Crippen LogP contribution in [-0.4, -0.2) is 34.6 Å². The van der Waals surface area contributed by atoms with Crippen molar-refractivity contribution in [2.45, 2.75) is 39.8 Å². The lowest BCUT2D eigenvalue weighted by atomic mass is 10.0. The van der Waals surface area contributed by atoms with Gasteiger partial charge in [0.25, 0.3) is 5.91 Å². The first-order chi connectivity index (χ1) is 14.9. The number of hydrogen-bond acceptors (Lipinski definition) is 5. The molecule has 2 heterocycles. The third-order valence-corrected chi connectivity index (χ3v) is 5.47. The Balaban J connectivity index is 1.42. The van der Waals surface area contributed by atoms with E-state index in [0.29, 0.717) is 13.0 Å². The van der Waals surface area contributed by atoms with E-state index in [1.165, 1.54) is 5.56 Å². The Hall–Kier alpha value is -3.61. The van der Waals surface area contributed by atoms with Crippen molar-refractivity contribution < 1.29 is 14.4 Å². The zero-order chi connectivity index (χ0) is 22.0. The number of methoxy groups -OCH3 is 1. The van der Waals surface area contributed by atoms with Crippen LogP contribution in [0.15, 0.2) is 53.7 Å². The quantitative estimate of drug-likeness (QED) is 0.656. The lowest BCUT2D eigenvalue weighted by Crippen LogP contribution is -2.28. The summed E-state index contributed by atoms with van der Waals surface area (Å²) in [5, 5.41) is 11.7. The molecule has 3 aromatic rings. The van der Waals surface area contributed by atoms with Crippen molar-refractivity contribution in [1.82, 2.24) is 9.78 Å². The van der Waals surface area contributed by atoms with Gasteiger partial charge in [-0.1, -0.05) is 35.0 Å². The summed E-state index contributed by atoms with van der Waals surface area (Å²) in [6.07, 6.45) is -0.260. The molecule has 0 radical (unpaired) electrons. The van der Waals surface area contributed by atoms with Gasteiger partial charge in [-0.3, -0.25) is 9.48 Å². The Bertz CT molecular complexity index is 1110. The van der Waals surface area contributed by atoms with Crippen LogP contribution in [0, 0.1) is 20.8 Å². The van der Waals surface area contributed by atoms with Gasteiger partial charge in [0.05, 0.1) is 36.4 Å². The zero-order valence-corrected chi connectivity index (χ0v) is 18.2. The van der Waals surface area contributed by atoms with Crippen LogP contribution in [0.4, 0.5) is 5.69 Å². The molecule has 0 saturated heterocycles. The van der Waals surface area contributed by atoms with E-state index >= 15 is 0 Å². The summed E-state index contributed by atoms with van der Waals surface area (Å²) < 4.78 is 7.09. The van der Waals surface area contributed by atoms with Gasteiger partial charge in [0.2, 0.25) is 6.10 Å². The molecule has 1 aliphatic rings. The number of rotatable bonds is 6. The molecule has 4 rings (SSSR count). The Morgan fingerprint density at radius 3 is 2.52 bits per heavy atom. The molecule has 0 spiro atoms. The highest BCUT2D eigenvalue weighted by atomic mass is 16.6. The second-order valence-electron chi connectivity index (χ2n) is 7.74. The highest BCUT2D eigenvalue weighted by Gasteiger charge is 2.30. The fourth-order valence-corrected chi connectivity index (χ4v) is 3.57. The number of carbonyl (C=O) groups excluding carboxylic acids is 1. The molecule has 1 aromatic heterocycles. The van der Waals surface area contributed by atoms with Crippen molar-refractivity contribution in [2.75, 3.05) is 12.4 Å². The number of aromatic nitrogens is 2. The Kier molecular flexibility index (Phi) is 5.75. The maximum absolute atomic E-state index is 12.8. The van der Waals surface area contributed by atoms with Gasteiger partial charge in [0.15, 0.2) is 0 Å². The van der Waals surface area contributed by atoms with E-state index in [1.54, 1.807) is 7.11 Å². The normalized spacial score (nSPS) is 15.4. The molecule has 7 heteroatoms. The number of carbonyl (C=O) groups is 1. The SMILES string of the molecule is COc1ccc(C2=NOC(C(=O)Nc3c(C)nn(Cc4ccc(C)cc4)c3C)C2)cc1. The number of hydrogen-bond donors (Lipinski definition) is 1. The molecule has 0 aliphatic carbocycles. The predicted octanol–water partition coefficient (Wildman–Crippen LogP) is 4.00. The molecule has 2 aromatic carbocycles. The number of aryl methyl sites for hydroxylation is 2. The average Bonchev–Trinajstić information content (AvgIpc) is 3.37. The lowest BCUT2D eigenvalue weighted by molar-refractivity contribution is -0.125. The van der Waals surface area contributed by atoms with E-state index < -0.39 is 6.10 Å². The number of nitrogens with zero attached hydrogens (tertiary/aromatic N) is 3. The minimum Gasteiger partial charge on any atom is -0.497 e. The van der Waals surface area contributed by atoms with E-state index in [0.717, 1.165) is 39.7 Å². The molecule has 31 heavy (non-hydrogen) atoms. The number of ether oxygens (including phenoxy) is 1. The summed E-state index contributed by atoms with van der Waals surface area (Å²) in [5.74, 6) is 0.541. The van der Waals surface area contributed by atoms with Crippen molar-refractivity contribution in [3.8, 4) is 5.75 Å². The number of benzene rings is 2. The van der Waals surface area contributed by atoms with Crippen molar-refractivity contribution >= 4 is 17.3 Å². The van der Waals surface area contributed by atoms with E-state index in [4.69, 9.17) is 9.57 Å². The number of nitrogens with one attached hydrogen (secondary N) is 1. The van der Waals surface area contributed by atoms with Crippen molar-refractivity contribution in [3.05, 3.63) is 76.6 Å². The lowest BCUT2D eigenvalue weighted by Gasteiger charge is -2.10. The standard InChI is InChI=1S/C24H26N4O3/c1-15-5-7-18(8-6-15)14-28-17(3)23(16(2)26-28)25-24(29)22-13-21(27-31-22)19-9-11-20(30-4)12-10-19/h5-12,22H,13-14H2,1-4H3,(H,25,29). The highest BCUT2D eigenvalue weighted by Crippen LogP contribution is 2.24. The molecular weight excluding hydrogens is 392 g/mol. The van der Waals surface area contributed by atoms with Gasteiger partial charge in [-0.2, -0.15) is 5.10 Å². The molecule has 0 saturated carbocycles. The Morgan fingerprint density at radius 2 is 1.84 bits per heavy atom. The van der Waals surface area contributed by atoms with Gasteiger partial charge in [-0.25, -0.2) is 0 Å². The Morgan fingerprint density at radius 1 is 1.13 bits per heavy atom. The van der Waals surface area contributed by atoms with Crippen LogP contribution in [0.3, 0.4) is 0 Å². The maximum atomic E-state index is 12.8. The van der Waals surface area contributed by atoms with Crippen LogP contribution in [0.25, 0.3) is 0 Å².